The zero-order valence-electron chi connectivity index (χ0n) is 15.0. The summed E-state index contributed by atoms with van der Waals surface area (Å²) in [6.07, 6.45) is 9.63. The molecular formula is C20H21N3O3S. The van der Waals surface area contributed by atoms with E-state index in [9.17, 15) is 14.4 Å². The average Bonchev–Trinajstić information content (AvgIpc) is 3.36. The molecule has 1 saturated carbocycles. The maximum absolute atomic E-state index is 12.6. The number of aromatic nitrogens is 1. The molecule has 27 heavy (non-hydrogen) atoms. The van der Waals surface area contributed by atoms with Gasteiger partial charge in [-0.2, -0.15) is 0 Å². The number of thiophene rings is 1. The zero-order chi connectivity index (χ0) is 19.4. The monoisotopic (exact) mass is 383 g/mol. The van der Waals surface area contributed by atoms with Crippen molar-refractivity contribution < 1.29 is 14.4 Å². The van der Waals surface area contributed by atoms with Crippen molar-refractivity contribution in [3.05, 3.63) is 45.9 Å². The number of rotatable bonds is 6. The molecular weight excluding hydrogens is 362 g/mol. The van der Waals surface area contributed by atoms with Crippen LogP contribution >= 0.6 is 11.3 Å². The minimum atomic E-state index is -0.214. The van der Waals surface area contributed by atoms with Crippen LogP contribution in [0.4, 0.5) is 0 Å². The molecule has 2 aromatic rings. The van der Waals surface area contributed by atoms with Crippen molar-refractivity contribution in [3.8, 4) is 12.3 Å². The smallest absolute Gasteiger partial charge is 0.268 e. The number of carbonyl (C=O) groups is 3. The van der Waals surface area contributed by atoms with Crippen LogP contribution < -0.4 is 10.6 Å². The maximum Gasteiger partial charge on any atom is 0.268 e. The van der Waals surface area contributed by atoms with Gasteiger partial charge in [0.15, 0.2) is 5.78 Å². The van der Waals surface area contributed by atoms with Gasteiger partial charge in [0, 0.05) is 29.2 Å². The number of amides is 2. The van der Waals surface area contributed by atoms with E-state index in [1.165, 1.54) is 18.3 Å². The molecule has 0 radical (unpaired) electrons. The fraction of sp³-hybridized carbons (Fsp3) is 0.350. The van der Waals surface area contributed by atoms with Crippen LogP contribution in [0.2, 0.25) is 0 Å². The summed E-state index contributed by atoms with van der Waals surface area (Å²) in [5, 5.41) is 7.70. The molecule has 0 aliphatic heterocycles. The standard InChI is InChI=1S/C20H21N3O3S/c1-3-9-23-10-5-8-17(23)19(25)21-15-6-4-7-16(15)22-20(26)18-11-14(12-27-18)13(2)24/h1,5,8,10-12,15-16H,4,6-7,9H2,2H3,(H,21,25)(H,22,26)/t15-,16-/m1/s1. The summed E-state index contributed by atoms with van der Waals surface area (Å²) in [4.78, 5) is 37.0. The van der Waals surface area contributed by atoms with Gasteiger partial charge in [0.2, 0.25) is 0 Å². The van der Waals surface area contributed by atoms with E-state index in [4.69, 9.17) is 6.42 Å². The second kappa shape index (κ2) is 8.23. The molecule has 2 N–H and O–H groups in total. The van der Waals surface area contributed by atoms with E-state index >= 15 is 0 Å². The summed E-state index contributed by atoms with van der Waals surface area (Å²) >= 11 is 1.25. The minimum absolute atomic E-state index is 0.0636. The molecule has 2 aromatic heterocycles. The van der Waals surface area contributed by atoms with Gasteiger partial charge in [-0.1, -0.05) is 5.92 Å². The molecule has 7 heteroatoms. The summed E-state index contributed by atoms with van der Waals surface area (Å²) in [6.45, 7) is 1.81. The number of hydrogen-bond acceptors (Lipinski definition) is 4. The van der Waals surface area contributed by atoms with Crippen molar-refractivity contribution in [1.29, 1.82) is 0 Å². The van der Waals surface area contributed by atoms with Crippen LogP contribution in [0.5, 0.6) is 0 Å². The van der Waals surface area contributed by atoms with Crippen LogP contribution in [-0.4, -0.2) is 34.2 Å². The quantitative estimate of drug-likeness (QED) is 0.594. The van der Waals surface area contributed by atoms with E-state index < -0.39 is 0 Å². The Kier molecular flexibility index (Phi) is 5.77. The summed E-state index contributed by atoms with van der Waals surface area (Å²) in [5.41, 5.74) is 1.05. The van der Waals surface area contributed by atoms with Gasteiger partial charge in [0.25, 0.3) is 11.8 Å². The van der Waals surface area contributed by atoms with Crippen molar-refractivity contribution in [2.75, 3.05) is 0 Å². The molecule has 1 fully saturated rings. The Morgan fingerprint density at radius 2 is 1.96 bits per heavy atom. The first kappa shape index (κ1) is 18.9. The number of hydrogen-bond donors (Lipinski definition) is 2. The van der Waals surface area contributed by atoms with Gasteiger partial charge in [-0.3, -0.25) is 14.4 Å². The van der Waals surface area contributed by atoms with Crippen LogP contribution in [0, 0.1) is 12.3 Å². The molecule has 2 heterocycles. The first-order chi connectivity index (χ1) is 13.0. The van der Waals surface area contributed by atoms with Crippen LogP contribution in [-0.2, 0) is 6.54 Å². The Morgan fingerprint density at radius 3 is 2.59 bits per heavy atom. The Hall–Kier alpha value is -2.85. The van der Waals surface area contributed by atoms with E-state index in [-0.39, 0.29) is 29.7 Å². The minimum Gasteiger partial charge on any atom is -0.347 e. The van der Waals surface area contributed by atoms with E-state index in [2.05, 4.69) is 16.6 Å². The molecule has 0 aromatic carbocycles. The lowest BCUT2D eigenvalue weighted by Gasteiger charge is -2.22. The van der Waals surface area contributed by atoms with Gasteiger partial charge in [-0.15, -0.1) is 17.8 Å². The molecule has 0 spiro atoms. The van der Waals surface area contributed by atoms with Crippen LogP contribution in [0.25, 0.3) is 0 Å². The van der Waals surface area contributed by atoms with Crippen LogP contribution in [0.1, 0.15) is 56.7 Å². The van der Waals surface area contributed by atoms with E-state index in [1.807, 2.05) is 0 Å². The summed E-state index contributed by atoms with van der Waals surface area (Å²) < 4.78 is 1.72. The molecule has 140 valence electrons. The third-order valence-electron chi connectivity index (χ3n) is 4.70. The highest BCUT2D eigenvalue weighted by atomic mass is 32.1. The molecule has 0 bridgehead atoms. The molecule has 2 atom stereocenters. The zero-order valence-corrected chi connectivity index (χ0v) is 15.8. The second-order valence-electron chi connectivity index (χ2n) is 6.57. The fourth-order valence-corrected chi connectivity index (χ4v) is 4.13. The normalized spacial score (nSPS) is 18.7. The number of carbonyl (C=O) groups excluding carboxylic acids is 3. The van der Waals surface area contributed by atoms with Crippen molar-refractivity contribution >= 4 is 28.9 Å². The van der Waals surface area contributed by atoms with Crippen molar-refractivity contribution in [2.45, 2.75) is 44.8 Å². The summed E-state index contributed by atoms with van der Waals surface area (Å²) in [6, 6.07) is 4.84. The van der Waals surface area contributed by atoms with Crippen LogP contribution in [0.3, 0.4) is 0 Å². The van der Waals surface area contributed by atoms with Gasteiger partial charge in [0.05, 0.1) is 11.4 Å². The first-order valence-corrected chi connectivity index (χ1v) is 9.67. The maximum atomic E-state index is 12.6. The third-order valence-corrected chi connectivity index (χ3v) is 5.63. The van der Waals surface area contributed by atoms with Crippen LogP contribution in [0.15, 0.2) is 29.8 Å². The lowest BCUT2D eigenvalue weighted by molar-refractivity contribution is 0.0889. The number of ketones is 1. The number of nitrogens with zero attached hydrogens (tertiary/aromatic N) is 1. The Morgan fingerprint density at radius 1 is 1.26 bits per heavy atom. The van der Waals surface area contributed by atoms with E-state index in [0.29, 0.717) is 22.7 Å². The van der Waals surface area contributed by atoms with Gasteiger partial charge in [-0.05, 0) is 44.4 Å². The Bertz CT molecular complexity index is 906. The highest BCUT2D eigenvalue weighted by Crippen LogP contribution is 2.22. The van der Waals surface area contributed by atoms with Gasteiger partial charge >= 0.3 is 0 Å². The number of Topliss-reactive ketones (excluding diaryl/α,β-unsaturated/α-hetero) is 1. The highest BCUT2D eigenvalue weighted by Gasteiger charge is 2.31. The molecule has 1 aliphatic carbocycles. The van der Waals surface area contributed by atoms with E-state index in [0.717, 1.165) is 19.3 Å². The lowest BCUT2D eigenvalue weighted by Crippen LogP contribution is -2.48. The predicted octanol–water partition coefficient (Wildman–Crippen LogP) is 2.47. The van der Waals surface area contributed by atoms with Crippen molar-refractivity contribution in [1.82, 2.24) is 15.2 Å². The van der Waals surface area contributed by atoms with Crippen molar-refractivity contribution in [3.63, 3.8) is 0 Å². The first-order valence-electron chi connectivity index (χ1n) is 8.79. The molecule has 0 unspecified atom stereocenters. The highest BCUT2D eigenvalue weighted by molar-refractivity contribution is 7.12. The van der Waals surface area contributed by atoms with Crippen molar-refractivity contribution in [2.24, 2.45) is 0 Å². The van der Waals surface area contributed by atoms with Gasteiger partial charge in [-0.25, -0.2) is 0 Å². The average molecular weight is 383 g/mol. The topological polar surface area (TPSA) is 80.2 Å². The lowest BCUT2D eigenvalue weighted by atomic mass is 10.1. The largest absolute Gasteiger partial charge is 0.347 e. The number of nitrogens with one attached hydrogen (secondary N) is 2. The molecule has 6 nitrogen and oxygen atoms in total. The number of terminal acetylenes is 1. The molecule has 3 rings (SSSR count). The second-order valence-corrected chi connectivity index (χ2v) is 7.48. The van der Waals surface area contributed by atoms with Gasteiger partial charge in [0.1, 0.15) is 5.69 Å². The van der Waals surface area contributed by atoms with E-state index in [1.54, 1.807) is 34.3 Å². The third kappa shape index (κ3) is 4.29. The summed E-state index contributed by atoms with van der Waals surface area (Å²) in [5.74, 6) is 2.05. The Labute approximate surface area is 162 Å². The predicted molar refractivity (Wildman–Crippen MR) is 104 cm³/mol. The molecule has 1 aliphatic rings. The summed E-state index contributed by atoms with van der Waals surface area (Å²) in [7, 11) is 0. The fourth-order valence-electron chi connectivity index (χ4n) is 3.28. The Balaban J connectivity index is 1.63. The SMILES string of the molecule is C#CCn1cccc1C(=O)N[C@@H]1CCC[C@H]1NC(=O)c1cc(C(C)=O)cs1. The van der Waals surface area contributed by atoms with Gasteiger partial charge < -0.3 is 15.2 Å². The molecule has 2 amide bonds. The molecule has 0 saturated heterocycles.